The van der Waals surface area contributed by atoms with Crippen LogP contribution < -0.4 is 11.5 Å². The summed E-state index contributed by atoms with van der Waals surface area (Å²) in [6, 6.07) is 7.14. The number of hydrogen-bond acceptors (Lipinski definition) is 3. The number of nitrogen functional groups attached to an aromatic ring is 1. The number of nitrogens with zero attached hydrogens (tertiary/aromatic N) is 1. The summed E-state index contributed by atoms with van der Waals surface area (Å²) >= 11 is 5.68. The molecule has 0 aliphatic heterocycles. The van der Waals surface area contributed by atoms with Crippen molar-refractivity contribution in [3.05, 3.63) is 58.5 Å². The van der Waals surface area contributed by atoms with Crippen molar-refractivity contribution in [3.63, 3.8) is 0 Å². The van der Waals surface area contributed by atoms with Crippen LogP contribution in [0.1, 0.15) is 17.2 Å². The number of halogens is 2. The molecule has 0 saturated carbocycles. The van der Waals surface area contributed by atoms with Crippen molar-refractivity contribution in [3.8, 4) is 0 Å². The highest BCUT2D eigenvalue weighted by Gasteiger charge is 2.16. The monoisotopic (exact) mass is 251 g/mol. The van der Waals surface area contributed by atoms with Gasteiger partial charge in [0, 0.05) is 22.3 Å². The number of benzene rings is 1. The van der Waals surface area contributed by atoms with Gasteiger partial charge in [0.15, 0.2) is 0 Å². The van der Waals surface area contributed by atoms with Crippen LogP contribution in [0.4, 0.5) is 10.2 Å². The fourth-order valence-corrected chi connectivity index (χ4v) is 1.77. The van der Waals surface area contributed by atoms with Crippen LogP contribution in [0.3, 0.4) is 0 Å². The Hall–Kier alpha value is -1.65. The van der Waals surface area contributed by atoms with Crippen LogP contribution in [0.2, 0.25) is 5.02 Å². The van der Waals surface area contributed by atoms with Gasteiger partial charge in [0.1, 0.15) is 11.6 Å². The average molecular weight is 252 g/mol. The minimum atomic E-state index is -0.652. The third kappa shape index (κ3) is 2.38. The zero-order valence-corrected chi connectivity index (χ0v) is 9.66. The van der Waals surface area contributed by atoms with Crippen molar-refractivity contribution in [1.29, 1.82) is 0 Å². The van der Waals surface area contributed by atoms with Crippen LogP contribution in [-0.4, -0.2) is 4.98 Å². The normalized spacial score (nSPS) is 12.4. The van der Waals surface area contributed by atoms with E-state index in [1.54, 1.807) is 30.5 Å². The number of hydrogen-bond donors (Lipinski definition) is 2. The molecule has 0 fully saturated rings. The molecule has 4 N–H and O–H groups in total. The molecule has 1 aromatic heterocycles. The molecule has 0 aliphatic rings. The third-order valence-corrected chi connectivity index (χ3v) is 2.74. The molecule has 1 atom stereocenters. The van der Waals surface area contributed by atoms with Crippen molar-refractivity contribution >= 4 is 17.4 Å². The van der Waals surface area contributed by atoms with Gasteiger partial charge in [-0.3, -0.25) is 0 Å². The number of pyridine rings is 1. The molecule has 0 radical (unpaired) electrons. The summed E-state index contributed by atoms with van der Waals surface area (Å²) < 4.78 is 13.7. The van der Waals surface area contributed by atoms with Gasteiger partial charge in [-0.15, -0.1) is 0 Å². The summed E-state index contributed by atoms with van der Waals surface area (Å²) in [7, 11) is 0. The van der Waals surface area contributed by atoms with Crippen LogP contribution in [0.15, 0.2) is 36.5 Å². The molecule has 0 saturated heterocycles. The second-order valence-electron chi connectivity index (χ2n) is 3.62. The number of nitrogens with two attached hydrogens (primary N) is 2. The van der Waals surface area contributed by atoms with E-state index in [1.165, 1.54) is 6.07 Å². The fourth-order valence-electron chi connectivity index (χ4n) is 1.61. The van der Waals surface area contributed by atoms with Gasteiger partial charge in [-0.25, -0.2) is 9.37 Å². The number of aromatic nitrogens is 1. The number of anilines is 1. The van der Waals surface area contributed by atoms with E-state index in [4.69, 9.17) is 23.1 Å². The Morgan fingerprint density at radius 3 is 2.65 bits per heavy atom. The topological polar surface area (TPSA) is 64.9 Å². The van der Waals surface area contributed by atoms with E-state index in [1.807, 2.05) is 0 Å². The Balaban J connectivity index is 2.44. The lowest BCUT2D eigenvalue weighted by molar-refractivity contribution is 0.600. The minimum Gasteiger partial charge on any atom is -0.383 e. The van der Waals surface area contributed by atoms with Crippen LogP contribution in [0.25, 0.3) is 0 Å². The van der Waals surface area contributed by atoms with Gasteiger partial charge in [-0.2, -0.15) is 0 Å². The summed E-state index contributed by atoms with van der Waals surface area (Å²) in [6.45, 7) is 0. The van der Waals surface area contributed by atoms with Crippen LogP contribution in [0, 0.1) is 5.82 Å². The van der Waals surface area contributed by atoms with Crippen molar-refractivity contribution < 1.29 is 4.39 Å². The molecule has 0 amide bonds. The minimum absolute atomic E-state index is 0.300. The van der Waals surface area contributed by atoms with Crippen LogP contribution >= 0.6 is 11.6 Å². The maximum atomic E-state index is 13.7. The van der Waals surface area contributed by atoms with E-state index in [0.29, 0.717) is 22.0 Å². The Labute approximate surface area is 103 Å². The lowest BCUT2D eigenvalue weighted by Crippen LogP contribution is -2.16. The largest absolute Gasteiger partial charge is 0.383 e. The van der Waals surface area contributed by atoms with Gasteiger partial charge in [-0.1, -0.05) is 23.7 Å². The van der Waals surface area contributed by atoms with E-state index in [9.17, 15) is 4.39 Å². The summed E-state index contributed by atoms with van der Waals surface area (Å²) in [4.78, 5) is 3.92. The molecule has 1 aromatic carbocycles. The van der Waals surface area contributed by atoms with Gasteiger partial charge in [0.25, 0.3) is 0 Å². The average Bonchev–Trinajstić information content (AvgIpc) is 2.29. The highest BCUT2D eigenvalue weighted by atomic mass is 35.5. The molecule has 17 heavy (non-hydrogen) atoms. The van der Waals surface area contributed by atoms with Gasteiger partial charge >= 0.3 is 0 Å². The standard InChI is InChI=1S/C12H11ClFN3/c13-7-3-4-8(10(14)6-7)11(15)9-2-1-5-17-12(9)16/h1-6,11H,15H2,(H2,16,17). The van der Waals surface area contributed by atoms with E-state index in [0.717, 1.165) is 0 Å². The zero-order valence-electron chi connectivity index (χ0n) is 8.90. The molecule has 88 valence electrons. The van der Waals surface area contributed by atoms with Gasteiger partial charge in [0.05, 0.1) is 6.04 Å². The second kappa shape index (κ2) is 4.69. The van der Waals surface area contributed by atoms with E-state index >= 15 is 0 Å². The summed E-state index contributed by atoms with van der Waals surface area (Å²) in [5.41, 5.74) is 12.6. The van der Waals surface area contributed by atoms with E-state index in [-0.39, 0.29) is 0 Å². The molecule has 0 bridgehead atoms. The zero-order chi connectivity index (χ0) is 12.4. The van der Waals surface area contributed by atoms with Gasteiger partial charge in [0.2, 0.25) is 0 Å². The SMILES string of the molecule is Nc1ncccc1C(N)c1ccc(Cl)cc1F. The highest BCUT2D eigenvalue weighted by Crippen LogP contribution is 2.26. The summed E-state index contributed by atoms with van der Waals surface area (Å²) in [6.07, 6.45) is 1.56. The Morgan fingerprint density at radius 1 is 1.24 bits per heavy atom. The number of rotatable bonds is 2. The fraction of sp³-hybridized carbons (Fsp3) is 0.0833. The first-order valence-electron chi connectivity index (χ1n) is 5.00. The van der Waals surface area contributed by atoms with Crippen molar-refractivity contribution in [1.82, 2.24) is 4.98 Å². The maximum Gasteiger partial charge on any atom is 0.129 e. The smallest absolute Gasteiger partial charge is 0.129 e. The van der Waals surface area contributed by atoms with Crippen LogP contribution in [-0.2, 0) is 0 Å². The lowest BCUT2D eigenvalue weighted by Gasteiger charge is -2.14. The molecule has 0 spiro atoms. The predicted octanol–water partition coefficient (Wildman–Crippen LogP) is 2.50. The maximum absolute atomic E-state index is 13.7. The molecule has 2 rings (SSSR count). The molecule has 2 aromatic rings. The van der Waals surface area contributed by atoms with Crippen molar-refractivity contribution in [2.24, 2.45) is 5.73 Å². The summed E-state index contributed by atoms with van der Waals surface area (Å²) in [5, 5.41) is 0.331. The Morgan fingerprint density at radius 2 is 2.00 bits per heavy atom. The molecular weight excluding hydrogens is 241 g/mol. The van der Waals surface area contributed by atoms with Crippen molar-refractivity contribution in [2.45, 2.75) is 6.04 Å². The predicted molar refractivity (Wildman–Crippen MR) is 66.1 cm³/mol. The molecule has 3 nitrogen and oxygen atoms in total. The molecule has 1 heterocycles. The Kier molecular flexibility index (Phi) is 3.26. The Bertz CT molecular complexity index is 545. The lowest BCUT2D eigenvalue weighted by atomic mass is 10.00. The third-order valence-electron chi connectivity index (χ3n) is 2.50. The van der Waals surface area contributed by atoms with E-state index in [2.05, 4.69) is 4.98 Å². The molecule has 1 unspecified atom stereocenters. The first-order valence-corrected chi connectivity index (χ1v) is 5.38. The summed E-state index contributed by atoms with van der Waals surface area (Å²) in [5.74, 6) is -0.150. The van der Waals surface area contributed by atoms with Crippen molar-refractivity contribution in [2.75, 3.05) is 5.73 Å². The molecule has 0 aliphatic carbocycles. The second-order valence-corrected chi connectivity index (χ2v) is 4.06. The van der Waals surface area contributed by atoms with Crippen LogP contribution in [0.5, 0.6) is 0 Å². The first kappa shape index (κ1) is 11.8. The first-order chi connectivity index (χ1) is 8.09. The van der Waals surface area contributed by atoms with Gasteiger partial charge in [-0.05, 0) is 18.2 Å². The van der Waals surface area contributed by atoms with E-state index < -0.39 is 11.9 Å². The molecule has 5 heteroatoms. The molecular formula is C12H11ClFN3. The quantitative estimate of drug-likeness (QED) is 0.862. The highest BCUT2D eigenvalue weighted by molar-refractivity contribution is 6.30. The van der Waals surface area contributed by atoms with Gasteiger partial charge < -0.3 is 11.5 Å².